The number of aromatic nitrogens is 2. The second-order valence-electron chi connectivity index (χ2n) is 4.59. The van der Waals surface area contributed by atoms with Gasteiger partial charge in [-0.25, -0.2) is 0 Å². The Morgan fingerprint density at radius 1 is 0.950 bits per heavy atom. The molecule has 4 heteroatoms. The number of rotatable bonds is 1. The molecule has 0 atom stereocenters. The van der Waals surface area contributed by atoms with Crippen molar-refractivity contribution in [3.63, 3.8) is 0 Å². The van der Waals surface area contributed by atoms with Crippen LogP contribution in [0.25, 0.3) is 27.9 Å². The van der Waals surface area contributed by atoms with E-state index in [2.05, 4.69) is 5.10 Å². The Kier molecular flexibility index (Phi) is 2.23. The zero-order valence-electron chi connectivity index (χ0n) is 10.6. The normalized spacial score (nSPS) is 11.2. The molecular formula is C16H11N3O. The van der Waals surface area contributed by atoms with E-state index in [1.54, 1.807) is 10.9 Å². The van der Waals surface area contributed by atoms with Gasteiger partial charge in [-0.2, -0.15) is 4.68 Å². The van der Waals surface area contributed by atoms with Crippen molar-refractivity contribution in [1.82, 2.24) is 5.10 Å². The van der Waals surface area contributed by atoms with Crippen molar-refractivity contribution in [1.29, 1.82) is 5.41 Å². The summed E-state index contributed by atoms with van der Waals surface area (Å²) in [5.74, 6) is 0.580. The monoisotopic (exact) mass is 261 g/mol. The third-order valence-corrected chi connectivity index (χ3v) is 3.37. The molecule has 0 aromatic heterocycles. The van der Waals surface area contributed by atoms with Crippen LogP contribution < -0.4 is 15.3 Å². The molecule has 2 aromatic carbocycles. The van der Waals surface area contributed by atoms with E-state index < -0.39 is 0 Å². The highest BCUT2D eigenvalue weighted by Crippen LogP contribution is 2.20. The third kappa shape index (κ3) is 1.48. The number of fused-ring (bicyclic) bond motifs is 3. The minimum atomic E-state index is 0.133. The van der Waals surface area contributed by atoms with Gasteiger partial charge in [0.2, 0.25) is 0 Å². The fourth-order valence-electron chi connectivity index (χ4n) is 2.44. The van der Waals surface area contributed by atoms with E-state index in [-0.39, 0.29) is 5.55 Å². The molecule has 0 amide bonds. The van der Waals surface area contributed by atoms with Gasteiger partial charge >= 0.3 is 5.89 Å². The predicted molar refractivity (Wildman–Crippen MR) is 73.5 cm³/mol. The van der Waals surface area contributed by atoms with E-state index in [1.165, 1.54) is 0 Å². The lowest BCUT2D eigenvalue weighted by molar-refractivity contribution is -0.654. The highest BCUT2D eigenvalue weighted by atomic mass is 16.4. The van der Waals surface area contributed by atoms with Gasteiger partial charge in [-0.3, -0.25) is 5.41 Å². The highest BCUT2D eigenvalue weighted by Gasteiger charge is 2.24. The Labute approximate surface area is 114 Å². The lowest BCUT2D eigenvalue weighted by Crippen LogP contribution is -2.40. The zero-order chi connectivity index (χ0) is 13.5. The average Bonchev–Trinajstić information content (AvgIpc) is 2.86. The minimum Gasteiger partial charge on any atom is -0.408 e. The number of hydrogen-bond acceptors (Lipinski definition) is 2. The molecule has 0 radical (unpaired) electrons. The summed E-state index contributed by atoms with van der Waals surface area (Å²) >= 11 is 0. The van der Waals surface area contributed by atoms with Gasteiger partial charge in [-0.15, -0.1) is 6.20 Å². The van der Waals surface area contributed by atoms with Crippen molar-refractivity contribution in [2.45, 2.75) is 0 Å². The number of nitrogens with zero attached hydrogens (tertiary/aromatic N) is 2. The maximum atomic E-state index is 8.09. The molecule has 0 saturated carbocycles. The lowest BCUT2D eigenvalue weighted by atomic mass is 10.1. The van der Waals surface area contributed by atoms with Crippen molar-refractivity contribution >= 4 is 10.8 Å². The van der Waals surface area contributed by atoms with E-state index in [0.29, 0.717) is 11.6 Å². The molecule has 2 aliphatic rings. The summed E-state index contributed by atoms with van der Waals surface area (Å²) in [6.07, 6.45) is 1.80. The van der Waals surface area contributed by atoms with Crippen LogP contribution in [-0.4, -0.2) is 0 Å². The maximum Gasteiger partial charge on any atom is 0.378 e. The van der Waals surface area contributed by atoms with Crippen molar-refractivity contribution in [2.75, 3.05) is 0 Å². The van der Waals surface area contributed by atoms with Crippen LogP contribution in [0, 0.1) is 5.41 Å². The Bertz CT molecular complexity index is 921. The number of oxazole rings is 1. The van der Waals surface area contributed by atoms with Crippen LogP contribution in [0.3, 0.4) is 0 Å². The SMILES string of the molecule is N=c1oc(-c2ccccc2)[n+]2[n-]cc3ccccc3c1-2. The second-order valence-corrected chi connectivity index (χ2v) is 4.59. The standard InChI is InChI=1S/C16H11N3O/c17-15-14-13-9-5-4-8-12(13)10-18-19(14)16(20-15)11-6-2-1-3-7-11/h1-10,17H. The molecule has 0 aliphatic carbocycles. The average molecular weight is 261 g/mol. The summed E-state index contributed by atoms with van der Waals surface area (Å²) in [7, 11) is 0. The largest absolute Gasteiger partial charge is 0.408 e. The van der Waals surface area contributed by atoms with Crippen LogP contribution in [-0.2, 0) is 0 Å². The molecule has 96 valence electrons. The molecule has 0 bridgehead atoms. The topological polar surface area (TPSA) is 55.0 Å². The summed E-state index contributed by atoms with van der Waals surface area (Å²) < 4.78 is 7.32. The fraction of sp³-hybridized carbons (Fsp3) is 0. The molecule has 2 aromatic rings. The Morgan fingerprint density at radius 3 is 2.55 bits per heavy atom. The van der Waals surface area contributed by atoms with E-state index in [9.17, 15) is 0 Å². The molecule has 0 saturated heterocycles. The Morgan fingerprint density at radius 2 is 1.70 bits per heavy atom. The van der Waals surface area contributed by atoms with Gasteiger partial charge < -0.3 is 9.52 Å². The van der Waals surface area contributed by atoms with Gasteiger partial charge in [-0.1, -0.05) is 36.4 Å². The summed E-state index contributed by atoms with van der Waals surface area (Å²) in [6.45, 7) is 0. The first-order chi connectivity index (χ1) is 9.84. The fourth-order valence-corrected chi connectivity index (χ4v) is 2.44. The quantitative estimate of drug-likeness (QED) is 0.534. The molecular weight excluding hydrogens is 250 g/mol. The Balaban J connectivity index is 2.10. The summed E-state index contributed by atoms with van der Waals surface area (Å²) in [5.41, 5.74) is 1.74. The molecule has 2 aliphatic heterocycles. The molecule has 4 rings (SSSR count). The van der Waals surface area contributed by atoms with Gasteiger partial charge in [0, 0.05) is 0 Å². The first kappa shape index (κ1) is 11.0. The van der Waals surface area contributed by atoms with Crippen LogP contribution in [0.15, 0.2) is 65.2 Å². The molecule has 20 heavy (non-hydrogen) atoms. The predicted octanol–water partition coefficient (Wildman–Crippen LogP) is 2.25. The first-order valence-corrected chi connectivity index (χ1v) is 6.34. The maximum absolute atomic E-state index is 8.09. The summed E-state index contributed by atoms with van der Waals surface area (Å²) in [6, 6.07) is 17.6. The zero-order valence-corrected chi connectivity index (χ0v) is 10.6. The molecule has 2 heterocycles. The molecule has 4 nitrogen and oxygen atoms in total. The number of nitrogens with one attached hydrogen (secondary N) is 1. The van der Waals surface area contributed by atoms with E-state index >= 15 is 0 Å². The molecule has 0 fully saturated rings. The van der Waals surface area contributed by atoms with E-state index in [1.807, 2.05) is 54.6 Å². The first-order valence-electron chi connectivity index (χ1n) is 6.34. The lowest BCUT2D eigenvalue weighted by Gasteiger charge is -2.06. The minimum absolute atomic E-state index is 0.133. The van der Waals surface area contributed by atoms with Crippen molar-refractivity contribution in [3.05, 3.63) is 66.3 Å². The van der Waals surface area contributed by atoms with Gasteiger partial charge in [0.15, 0.2) is 0 Å². The molecule has 0 unspecified atom stereocenters. The van der Waals surface area contributed by atoms with Gasteiger partial charge in [0.05, 0.1) is 10.9 Å². The second kappa shape index (κ2) is 4.06. The molecule has 0 spiro atoms. The number of benzene rings is 2. The van der Waals surface area contributed by atoms with Crippen molar-refractivity contribution in [2.24, 2.45) is 0 Å². The number of hydrogen-bond donors (Lipinski definition) is 1. The highest BCUT2D eigenvalue weighted by molar-refractivity contribution is 5.86. The van der Waals surface area contributed by atoms with E-state index in [4.69, 9.17) is 9.83 Å². The van der Waals surface area contributed by atoms with Crippen LogP contribution in [0.5, 0.6) is 0 Å². The van der Waals surface area contributed by atoms with Crippen molar-refractivity contribution < 1.29 is 9.10 Å². The van der Waals surface area contributed by atoms with Crippen molar-refractivity contribution in [3.8, 4) is 17.1 Å². The van der Waals surface area contributed by atoms with Crippen LogP contribution >= 0.6 is 0 Å². The van der Waals surface area contributed by atoms with Crippen LogP contribution in [0.1, 0.15) is 0 Å². The molecule has 1 N–H and O–H groups in total. The van der Waals surface area contributed by atoms with Gasteiger partial charge in [-0.05, 0) is 23.6 Å². The summed E-state index contributed by atoms with van der Waals surface area (Å²) in [4.78, 5) is 0. The van der Waals surface area contributed by atoms with Gasteiger partial charge in [0.1, 0.15) is 0 Å². The van der Waals surface area contributed by atoms with Crippen LogP contribution in [0.2, 0.25) is 0 Å². The smallest absolute Gasteiger partial charge is 0.378 e. The van der Waals surface area contributed by atoms with Crippen LogP contribution in [0.4, 0.5) is 0 Å². The Hall–Kier alpha value is -2.88. The third-order valence-electron chi connectivity index (χ3n) is 3.37. The summed E-state index contributed by atoms with van der Waals surface area (Å²) in [5, 5.41) is 14.5. The van der Waals surface area contributed by atoms with E-state index in [0.717, 1.165) is 16.3 Å². The van der Waals surface area contributed by atoms with Gasteiger partial charge in [0.25, 0.3) is 11.2 Å².